The summed E-state index contributed by atoms with van der Waals surface area (Å²) in [4.78, 5) is 31.7. The number of halogens is 1. The smallest absolute Gasteiger partial charge is 0.267 e. The van der Waals surface area contributed by atoms with Crippen LogP contribution in [0.1, 0.15) is 29.7 Å². The van der Waals surface area contributed by atoms with Crippen molar-refractivity contribution in [3.05, 3.63) is 86.1 Å². The van der Waals surface area contributed by atoms with Gasteiger partial charge in [-0.05, 0) is 72.8 Å². The maximum absolute atomic E-state index is 14.4. The Morgan fingerprint density at radius 1 is 1.00 bits per heavy atom. The summed E-state index contributed by atoms with van der Waals surface area (Å²) in [5.74, 6) is 0.678. The molecule has 1 aliphatic carbocycles. The number of ether oxygens (including phenoxy) is 1. The Bertz CT molecular complexity index is 1950. The lowest BCUT2D eigenvalue weighted by molar-refractivity contribution is 0.414. The van der Waals surface area contributed by atoms with Gasteiger partial charge in [-0.15, -0.1) is 22.7 Å². The first-order valence-electron chi connectivity index (χ1n) is 13.0. The van der Waals surface area contributed by atoms with Crippen LogP contribution in [0.5, 0.6) is 5.75 Å². The maximum atomic E-state index is 14.4. The van der Waals surface area contributed by atoms with E-state index in [1.165, 1.54) is 28.6 Å². The standard InChI is InChI=1S/C30H23ClN4O2S3/c1-37-20-7-5-6-19(14-20)35-29(36)25-21-8-3-2-4-9-23(21)39-28(25)34-30(35)40-27-24-22(15-38-26(24)32-16-33-27)17-10-12-18(31)13-11-17/h5-7,10-16H,2-4,8-9H2,1H3. The Morgan fingerprint density at radius 3 is 2.70 bits per heavy atom. The third-order valence-corrected chi connectivity index (χ3v) is 10.5. The average Bonchev–Trinajstić information content (AvgIpc) is 3.48. The van der Waals surface area contributed by atoms with Gasteiger partial charge in [0.25, 0.3) is 5.56 Å². The Labute approximate surface area is 247 Å². The topological polar surface area (TPSA) is 69.9 Å². The van der Waals surface area contributed by atoms with Crippen LogP contribution in [0.25, 0.3) is 37.2 Å². The minimum atomic E-state index is -0.0475. The molecule has 4 aromatic heterocycles. The van der Waals surface area contributed by atoms with E-state index >= 15 is 0 Å². The van der Waals surface area contributed by atoms with E-state index in [9.17, 15) is 4.79 Å². The summed E-state index contributed by atoms with van der Waals surface area (Å²) in [6.07, 6.45) is 6.93. The van der Waals surface area contributed by atoms with E-state index in [1.807, 2.05) is 48.5 Å². The van der Waals surface area contributed by atoms with Gasteiger partial charge in [0.1, 0.15) is 26.8 Å². The highest BCUT2D eigenvalue weighted by Crippen LogP contribution is 2.41. The number of methoxy groups -OCH3 is 1. The molecule has 0 atom stereocenters. The summed E-state index contributed by atoms with van der Waals surface area (Å²) >= 11 is 10.8. The summed E-state index contributed by atoms with van der Waals surface area (Å²) in [5.41, 5.74) is 3.90. The molecular weight excluding hydrogens is 580 g/mol. The highest BCUT2D eigenvalue weighted by molar-refractivity contribution is 7.99. The van der Waals surface area contributed by atoms with Gasteiger partial charge in [-0.1, -0.05) is 36.2 Å². The summed E-state index contributed by atoms with van der Waals surface area (Å²) < 4.78 is 7.22. The first kappa shape index (κ1) is 25.7. The van der Waals surface area contributed by atoms with Gasteiger partial charge in [0.05, 0.1) is 23.6 Å². The van der Waals surface area contributed by atoms with Crippen LogP contribution in [0, 0.1) is 0 Å². The number of thiophene rings is 2. The lowest BCUT2D eigenvalue weighted by atomic mass is 10.1. The number of aromatic nitrogens is 4. The summed E-state index contributed by atoms with van der Waals surface area (Å²) in [7, 11) is 1.63. The molecule has 0 aliphatic heterocycles. The van der Waals surface area contributed by atoms with Crippen molar-refractivity contribution in [1.82, 2.24) is 19.5 Å². The third-order valence-electron chi connectivity index (χ3n) is 7.20. The van der Waals surface area contributed by atoms with Crippen molar-refractivity contribution in [2.24, 2.45) is 0 Å². The van der Waals surface area contributed by atoms with Crippen molar-refractivity contribution in [3.63, 3.8) is 0 Å². The molecule has 0 spiro atoms. The van der Waals surface area contributed by atoms with E-state index in [1.54, 1.807) is 40.7 Å². The van der Waals surface area contributed by atoms with Crippen molar-refractivity contribution in [2.45, 2.75) is 42.3 Å². The minimum absolute atomic E-state index is 0.0475. The predicted octanol–water partition coefficient (Wildman–Crippen LogP) is 8.20. The van der Waals surface area contributed by atoms with E-state index in [2.05, 4.69) is 15.3 Å². The fourth-order valence-corrected chi connectivity index (χ4v) is 8.68. The van der Waals surface area contributed by atoms with Crippen LogP contribution in [0.4, 0.5) is 0 Å². The zero-order valence-electron chi connectivity index (χ0n) is 21.5. The Morgan fingerprint density at radius 2 is 1.85 bits per heavy atom. The molecule has 2 aromatic carbocycles. The number of rotatable bonds is 5. The Hall–Kier alpha value is -3.24. The van der Waals surface area contributed by atoms with Crippen LogP contribution in [-0.4, -0.2) is 26.6 Å². The van der Waals surface area contributed by atoms with Gasteiger partial charge in [-0.2, -0.15) is 0 Å². The molecule has 200 valence electrons. The van der Waals surface area contributed by atoms with Crippen LogP contribution in [0.2, 0.25) is 5.02 Å². The second-order valence-corrected chi connectivity index (χ2v) is 12.9. The van der Waals surface area contributed by atoms with E-state index < -0.39 is 0 Å². The molecule has 0 N–H and O–H groups in total. The molecule has 4 heterocycles. The normalized spacial score (nSPS) is 13.4. The zero-order chi connectivity index (χ0) is 27.2. The number of benzene rings is 2. The van der Waals surface area contributed by atoms with Gasteiger partial charge in [0.15, 0.2) is 5.16 Å². The van der Waals surface area contributed by atoms with E-state index in [-0.39, 0.29) is 5.56 Å². The summed E-state index contributed by atoms with van der Waals surface area (Å²) in [6, 6.07) is 15.3. The fraction of sp³-hybridized carbons (Fsp3) is 0.200. The molecule has 6 nitrogen and oxygen atoms in total. The molecular formula is C30H23ClN4O2S3. The second kappa shape index (κ2) is 10.6. The summed E-state index contributed by atoms with van der Waals surface area (Å²) in [6.45, 7) is 0. The largest absolute Gasteiger partial charge is 0.497 e. The number of fused-ring (bicyclic) bond motifs is 4. The van der Waals surface area contributed by atoms with Gasteiger partial charge in [-0.25, -0.2) is 15.0 Å². The van der Waals surface area contributed by atoms with Crippen molar-refractivity contribution < 1.29 is 4.74 Å². The van der Waals surface area contributed by atoms with Gasteiger partial charge in [-0.3, -0.25) is 9.36 Å². The van der Waals surface area contributed by atoms with Gasteiger partial charge < -0.3 is 4.74 Å². The van der Waals surface area contributed by atoms with Gasteiger partial charge in [0, 0.05) is 26.9 Å². The first-order valence-corrected chi connectivity index (χ1v) is 15.9. The van der Waals surface area contributed by atoms with Crippen LogP contribution < -0.4 is 10.3 Å². The van der Waals surface area contributed by atoms with E-state index in [0.29, 0.717) is 21.6 Å². The lowest BCUT2D eigenvalue weighted by Crippen LogP contribution is -2.22. The van der Waals surface area contributed by atoms with Crippen molar-refractivity contribution >= 4 is 66.5 Å². The molecule has 40 heavy (non-hydrogen) atoms. The Kier molecular flexibility index (Phi) is 6.83. The molecule has 7 rings (SSSR count). The van der Waals surface area contributed by atoms with Crippen LogP contribution in [-0.2, 0) is 12.8 Å². The Balaban J connectivity index is 1.45. The second-order valence-electron chi connectivity index (χ2n) is 9.60. The van der Waals surface area contributed by atoms with Gasteiger partial charge in [0.2, 0.25) is 0 Å². The molecule has 0 fully saturated rings. The SMILES string of the molecule is COc1cccc(-n2c(Sc3ncnc4scc(-c5ccc(Cl)cc5)c34)nc3sc4c(c3c2=O)CCCCC4)c1. The molecule has 6 aromatic rings. The van der Waals surface area contributed by atoms with E-state index in [4.69, 9.17) is 21.3 Å². The number of nitrogens with zero attached hydrogens (tertiary/aromatic N) is 4. The molecule has 0 unspecified atom stereocenters. The van der Waals surface area contributed by atoms with Crippen LogP contribution >= 0.6 is 46.0 Å². The lowest BCUT2D eigenvalue weighted by Gasteiger charge is -2.14. The van der Waals surface area contributed by atoms with Crippen LogP contribution in [0.15, 0.2) is 75.2 Å². The van der Waals surface area contributed by atoms with Gasteiger partial charge >= 0.3 is 0 Å². The highest BCUT2D eigenvalue weighted by atomic mass is 35.5. The zero-order valence-corrected chi connectivity index (χ0v) is 24.7. The average molecular weight is 603 g/mol. The van der Waals surface area contributed by atoms with Crippen molar-refractivity contribution in [3.8, 4) is 22.6 Å². The molecule has 0 radical (unpaired) electrons. The maximum Gasteiger partial charge on any atom is 0.267 e. The van der Waals surface area contributed by atoms with Crippen molar-refractivity contribution in [1.29, 1.82) is 0 Å². The monoisotopic (exact) mass is 602 g/mol. The minimum Gasteiger partial charge on any atom is -0.497 e. The number of hydrogen-bond donors (Lipinski definition) is 0. The van der Waals surface area contributed by atoms with E-state index in [0.717, 1.165) is 62.3 Å². The van der Waals surface area contributed by atoms with Crippen molar-refractivity contribution in [2.75, 3.05) is 7.11 Å². The highest BCUT2D eigenvalue weighted by Gasteiger charge is 2.24. The molecule has 0 bridgehead atoms. The number of hydrogen-bond acceptors (Lipinski definition) is 8. The quantitative estimate of drug-likeness (QED) is 0.112. The first-order chi connectivity index (χ1) is 19.6. The molecule has 10 heteroatoms. The van der Waals surface area contributed by atoms with Crippen LogP contribution in [0.3, 0.4) is 0 Å². The predicted molar refractivity (Wildman–Crippen MR) is 165 cm³/mol. The summed E-state index contributed by atoms with van der Waals surface area (Å²) in [5, 5.41) is 5.78. The number of aryl methyl sites for hydroxylation is 2. The molecule has 1 aliphatic rings. The molecule has 0 amide bonds. The molecule has 0 saturated carbocycles. The molecule has 0 saturated heterocycles. The fourth-order valence-electron chi connectivity index (χ4n) is 5.26. The third kappa shape index (κ3) is 4.51.